The van der Waals surface area contributed by atoms with Gasteiger partial charge in [-0.2, -0.15) is 0 Å². The number of unbranched alkanes of at least 4 members (excludes halogenated alkanes) is 45. The predicted molar refractivity (Wildman–Crippen MR) is 353 cm³/mol. The Kier molecular flexibility index (Phi) is 67.1. The highest BCUT2D eigenvalue weighted by molar-refractivity contribution is 5.71. The van der Waals surface area contributed by atoms with E-state index in [-0.39, 0.29) is 31.1 Å². The molecule has 0 rings (SSSR count). The van der Waals surface area contributed by atoms with Gasteiger partial charge in [0.05, 0.1) is 0 Å². The van der Waals surface area contributed by atoms with Crippen molar-refractivity contribution in [3.63, 3.8) is 0 Å². The van der Waals surface area contributed by atoms with Crippen LogP contribution in [0.25, 0.3) is 0 Å². The smallest absolute Gasteiger partial charge is 0.306 e. The molecule has 0 amide bonds. The van der Waals surface area contributed by atoms with Crippen molar-refractivity contribution in [1.29, 1.82) is 0 Å². The highest BCUT2D eigenvalue weighted by Gasteiger charge is 2.19. The fraction of sp³-hybridized carbons (Fsp3) is 0.827. The molecule has 472 valence electrons. The van der Waals surface area contributed by atoms with E-state index >= 15 is 0 Å². The van der Waals surface area contributed by atoms with Gasteiger partial charge in [-0.3, -0.25) is 14.4 Å². The van der Waals surface area contributed by atoms with Crippen LogP contribution in [0.1, 0.15) is 380 Å². The van der Waals surface area contributed by atoms with Crippen molar-refractivity contribution in [1.82, 2.24) is 0 Å². The second-order valence-electron chi connectivity index (χ2n) is 24.1. The Bertz CT molecular complexity index is 1440. The third-order valence-corrected chi connectivity index (χ3v) is 16.0. The molecule has 0 aliphatic rings. The molecule has 0 aliphatic carbocycles. The maximum Gasteiger partial charge on any atom is 0.306 e. The van der Waals surface area contributed by atoms with Gasteiger partial charge in [-0.15, -0.1) is 0 Å². The highest BCUT2D eigenvalue weighted by atomic mass is 16.6. The summed E-state index contributed by atoms with van der Waals surface area (Å²) in [5.41, 5.74) is 0. The molecule has 81 heavy (non-hydrogen) atoms. The summed E-state index contributed by atoms with van der Waals surface area (Å²) in [7, 11) is 0. The number of rotatable bonds is 66. The summed E-state index contributed by atoms with van der Waals surface area (Å²) in [6.07, 6.45) is 89.8. The van der Waals surface area contributed by atoms with Gasteiger partial charge in [-0.05, 0) is 83.5 Å². The Hall–Kier alpha value is -2.89. The van der Waals surface area contributed by atoms with Gasteiger partial charge >= 0.3 is 17.9 Å². The maximum absolute atomic E-state index is 12.9. The summed E-state index contributed by atoms with van der Waals surface area (Å²) in [5.74, 6) is -0.864. The quantitative estimate of drug-likeness (QED) is 0.0261. The van der Waals surface area contributed by atoms with Gasteiger partial charge in [0.2, 0.25) is 0 Å². The number of hydrogen-bond donors (Lipinski definition) is 0. The van der Waals surface area contributed by atoms with E-state index in [1.807, 2.05) is 0 Å². The first-order valence-corrected chi connectivity index (χ1v) is 35.8. The standard InChI is InChI=1S/C75H136O6/c1-4-7-10-13-16-19-22-25-27-29-30-31-32-33-34-35-36-37-38-39-40-41-42-43-44-46-47-50-53-56-59-62-65-68-74(77)80-71-72(70-79-73(76)67-64-61-58-55-52-49-24-21-18-15-12-9-6-3)81-75(78)69-66-63-60-57-54-51-48-45-28-26-23-20-17-14-11-8-5-2/h12,15,21-22,24-25,29-30,32-33,72H,4-11,13-14,16-20,23,26-28,31,34-71H2,1-3H3/b15-12-,24-21-,25-22-,30-29-,33-32-. The summed E-state index contributed by atoms with van der Waals surface area (Å²) >= 11 is 0. The predicted octanol–water partition coefficient (Wildman–Crippen LogP) is 24.7. The number of ether oxygens (including phenoxy) is 3. The first kappa shape index (κ1) is 78.1. The molecule has 1 unspecified atom stereocenters. The second-order valence-corrected chi connectivity index (χ2v) is 24.1. The SMILES string of the molecule is CCC/C=C\C/C=C\CCCCCCCC(=O)OCC(COC(=O)CCCCCCCCCCCCCCCCCCCC/C=C\C/C=C\C/C=C\CCCCCCC)OC(=O)CCCCCCCCCCCCCCCCCCC. The van der Waals surface area contributed by atoms with Crippen LogP contribution in [0.3, 0.4) is 0 Å². The van der Waals surface area contributed by atoms with Crippen molar-refractivity contribution >= 4 is 17.9 Å². The molecule has 0 saturated carbocycles. The molecule has 0 spiro atoms. The van der Waals surface area contributed by atoms with Crippen molar-refractivity contribution in [3.05, 3.63) is 60.8 Å². The number of carbonyl (C=O) groups excluding carboxylic acids is 3. The van der Waals surface area contributed by atoms with Gasteiger partial charge < -0.3 is 14.2 Å². The lowest BCUT2D eigenvalue weighted by Crippen LogP contribution is -2.30. The van der Waals surface area contributed by atoms with E-state index in [1.165, 1.54) is 244 Å². The van der Waals surface area contributed by atoms with Gasteiger partial charge in [0.1, 0.15) is 13.2 Å². The fourth-order valence-electron chi connectivity index (χ4n) is 10.6. The van der Waals surface area contributed by atoms with E-state index in [0.29, 0.717) is 19.3 Å². The zero-order valence-electron chi connectivity index (χ0n) is 54.3. The normalized spacial score (nSPS) is 12.4. The van der Waals surface area contributed by atoms with E-state index in [4.69, 9.17) is 14.2 Å². The Morgan fingerprint density at radius 1 is 0.247 bits per heavy atom. The molecule has 0 heterocycles. The summed E-state index contributed by atoms with van der Waals surface area (Å²) < 4.78 is 17.0. The Morgan fingerprint density at radius 2 is 0.469 bits per heavy atom. The average molecular weight is 1130 g/mol. The molecular formula is C75H136O6. The molecule has 6 nitrogen and oxygen atoms in total. The molecule has 0 aromatic carbocycles. The van der Waals surface area contributed by atoms with Crippen molar-refractivity contribution < 1.29 is 28.6 Å². The lowest BCUT2D eigenvalue weighted by molar-refractivity contribution is -0.167. The zero-order chi connectivity index (χ0) is 58.5. The maximum atomic E-state index is 12.9. The molecule has 0 fully saturated rings. The molecule has 6 heteroatoms. The van der Waals surface area contributed by atoms with Crippen molar-refractivity contribution in [2.45, 2.75) is 386 Å². The van der Waals surface area contributed by atoms with Crippen LogP contribution in [-0.2, 0) is 28.6 Å². The summed E-state index contributed by atoms with van der Waals surface area (Å²) in [6, 6.07) is 0. The number of allylic oxidation sites excluding steroid dienone is 10. The van der Waals surface area contributed by atoms with E-state index in [9.17, 15) is 14.4 Å². The number of esters is 3. The van der Waals surface area contributed by atoms with Crippen LogP contribution in [0.2, 0.25) is 0 Å². The first-order chi connectivity index (χ1) is 40.0. The molecule has 0 saturated heterocycles. The van der Waals surface area contributed by atoms with Crippen LogP contribution in [0.5, 0.6) is 0 Å². The molecular weight excluding hydrogens is 997 g/mol. The average Bonchev–Trinajstić information content (AvgIpc) is 3.46. The van der Waals surface area contributed by atoms with E-state index in [0.717, 1.165) is 96.3 Å². The zero-order valence-corrected chi connectivity index (χ0v) is 54.3. The van der Waals surface area contributed by atoms with Gasteiger partial charge in [-0.25, -0.2) is 0 Å². The second kappa shape index (κ2) is 69.6. The van der Waals surface area contributed by atoms with Gasteiger partial charge in [-0.1, -0.05) is 338 Å². The lowest BCUT2D eigenvalue weighted by Gasteiger charge is -2.18. The van der Waals surface area contributed by atoms with Crippen molar-refractivity contribution in [2.24, 2.45) is 0 Å². The molecule has 1 atom stereocenters. The minimum Gasteiger partial charge on any atom is -0.462 e. The topological polar surface area (TPSA) is 78.9 Å². The van der Waals surface area contributed by atoms with E-state index in [2.05, 4.69) is 81.5 Å². The molecule has 0 N–H and O–H groups in total. The molecule has 0 aliphatic heterocycles. The molecule has 0 aromatic rings. The number of carbonyl (C=O) groups is 3. The Labute approximate surface area is 504 Å². The lowest BCUT2D eigenvalue weighted by atomic mass is 10.0. The van der Waals surface area contributed by atoms with Gasteiger partial charge in [0, 0.05) is 19.3 Å². The summed E-state index contributed by atoms with van der Waals surface area (Å²) in [5, 5.41) is 0. The Morgan fingerprint density at radius 3 is 0.741 bits per heavy atom. The highest BCUT2D eigenvalue weighted by Crippen LogP contribution is 2.18. The fourth-order valence-corrected chi connectivity index (χ4v) is 10.6. The Balaban J connectivity index is 4.13. The van der Waals surface area contributed by atoms with Crippen LogP contribution in [0, 0.1) is 0 Å². The molecule has 0 bridgehead atoms. The van der Waals surface area contributed by atoms with Gasteiger partial charge in [0.15, 0.2) is 6.10 Å². The third kappa shape index (κ3) is 67.8. The van der Waals surface area contributed by atoms with Gasteiger partial charge in [0.25, 0.3) is 0 Å². The van der Waals surface area contributed by atoms with Crippen LogP contribution >= 0.6 is 0 Å². The monoisotopic (exact) mass is 1130 g/mol. The summed E-state index contributed by atoms with van der Waals surface area (Å²) in [4.78, 5) is 38.4. The van der Waals surface area contributed by atoms with Crippen LogP contribution in [-0.4, -0.2) is 37.2 Å². The third-order valence-electron chi connectivity index (χ3n) is 16.0. The minimum atomic E-state index is -0.777. The van der Waals surface area contributed by atoms with E-state index < -0.39 is 6.10 Å². The summed E-state index contributed by atoms with van der Waals surface area (Å²) in [6.45, 7) is 6.61. The van der Waals surface area contributed by atoms with Crippen molar-refractivity contribution in [3.8, 4) is 0 Å². The minimum absolute atomic E-state index is 0.0735. The molecule has 0 aromatic heterocycles. The largest absolute Gasteiger partial charge is 0.462 e. The van der Waals surface area contributed by atoms with Crippen molar-refractivity contribution in [2.75, 3.05) is 13.2 Å². The van der Waals surface area contributed by atoms with E-state index in [1.54, 1.807) is 0 Å². The first-order valence-electron chi connectivity index (χ1n) is 35.8. The van der Waals surface area contributed by atoms with Crippen LogP contribution in [0.4, 0.5) is 0 Å². The van der Waals surface area contributed by atoms with Crippen LogP contribution < -0.4 is 0 Å². The van der Waals surface area contributed by atoms with Crippen LogP contribution in [0.15, 0.2) is 60.8 Å². The number of hydrogen-bond acceptors (Lipinski definition) is 6. The molecule has 0 radical (unpaired) electrons.